The largest absolute Gasteiger partial charge is 0.135 e. The molecule has 10 aromatic rings. The van der Waals surface area contributed by atoms with E-state index in [4.69, 9.17) is 0 Å². The highest BCUT2D eigenvalue weighted by molar-refractivity contribution is 6.97. The Morgan fingerprint density at radius 3 is 0.430 bits per heavy atom. The second-order valence-electron chi connectivity index (χ2n) is 25.0. The molecule has 0 saturated heterocycles. The van der Waals surface area contributed by atoms with E-state index in [0.29, 0.717) is 0 Å². The first-order chi connectivity index (χ1) is 45.4. The summed E-state index contributed by atoms with van der Waals surface area (Å²) >= 11 is 0. The summed E-state index contributed by atoms with van der Waals surface area (Å²) in [6.45, 7) is 14.4. The Labute approximate surface area is 553 Å². The van der Waals surface area contributed by atoms with Crippen molar-refractivity contribution < 1.29 is 0 Å². The summed E-state index contributed by atoms with van der Waals surface area (Å²) in [7, 11) is -7.41. The minimum atomic E-state index is -2.56. The van der Waals surface area contributed by atoms with E-state index in [0.717, 1.165) is 88.3 Å². The molecular weight excluding hydrogens is 1170 g/mol. The van der Waals surface area contributed by atoms with E-state index >= 15 is 0 Å². The minimum absolute atomic E-state index is 0.928. The van der Waals surface area contributed by atoms with E-state index in [9.17, 15) is 0 Å². The highest BCUT2D eigenvalue weighted by Crippen LogP contribution is 2.51. The lowest BCUT2D eigenvalue weighted by molar-refractivity contribution is 1.58. The average molecular weight is 1230 g/mol. The molecule has 0 spiro atoms. The van der Waals surface area contributed by atoms with Gasteiger partial charge in [0.25, 0.3) is 0 Å². The predicted molar refractivity (Wildman–Crippen MR) is 400 cm³/mol. The Morgan fingerprint density at radius 2 is 0.280 bits per heavy atom. The molecule has 0 unspecified atom stereocenters. The summed E-state index contributed by atoms with van der Waals surface area (Å²) < 4.78 is 0. The summed E-state index contributed by atoms with van der Waals surface area (Å²) in [6, 6.07) is 102. The fourth-order valence-corrected chi connectivity index (χ4v) is 21.2. The monoisotopic (exact) mass is 1230 g/mol. The molecule has 13 rings (SSSR count). The van der Waals surface area contributed by atoms with Gasteiger partial charge in [-0.25, -0.2) is 0 Å². The van der Waals surface area contributed by atoms with Crippen molar-refractivity contribution in [3.63, 3.8) is 0 Å². The Bertz CT molecular complexity index is 4800. The number of hydrogen-bond donors (Lipinski definition) is 0. The highest BCUT2D eigenvalue weighted by Gasteiger charge is 2.44. The second-order valence-corrected chi connectivity index (χ2v) is 37.7. The van der Waals surface area contributed by atoms with Crippen molar-refractivity contribution in [1.29, 1.82) is 0 Å². The van der Waals surface area contributed by atoms with Gasteiger partial charge in [-0.1, -0.05) is 329 Å². The summed E-state index contributed by atoms with van der Waals surface area (Å²) in [5, 5.41) is 7.08. The number of hydrogen-bond acceptors (Lipinski definition) is 0. The van der Waals surface area contributed by atoms with Crippen LogP contribution in [0.5, 0.6) is 0 Å². The van der Waals surface area contributed by atoms with Crippen molar-refractivity contribution >= 4 is 57.7 Å². The molecule has 0 fully saturated rings. The Morgan fingerprint density at radius 1 is 0.151 bits per heavy atom. The molecule has 3 heterocycles. The van der Waals surface area contributed by atoms with Gasteiger partial charge in [-0.05, 0) is 140 Å². The number of benzene rings is 10. The zero-order valence-corrected chi connectivity index (χ0v) is 56.2. The summed E-state index contributed by atoms with van der Waals surface area (Å²) in [4.78, 5) is 0. The van der Waals surface area contributed by atoms with Crippen LogP contribution in [0.25, 0.3) is 33.4 Å². The lowest BCUT2D eigenvalue weighted by Gasteiger charge is -2.18. The molecule has 3 aliphatic rings. The van der Waals surface area contributed by atoms with Gasteiger partial charge >= 0.3 is 0 Å². The van der Waals surface area contributed by atoms with E-state index in [2.05, 4.69) is 365 Å². The first kappa shape index (κ1) is 60.6. The molecule has 0 radical (unpaired) electrons. The summed E-state index contributed by atoms with van der Waals surface area (Å²) in [5.74, 6) is 44.5. The van der Waals surface area contributed by atoms with Gasteiger partial charge in [0.1, 0.15) is 24.2 Å². The van der Waals surface area contributed by atoms with Crippen LogP contribution in [0, 0.1) is 71.0 Å². The van der Waals surface area contributed by atoms with Gasteiger partial charge in [0, 0.05) is 64.6 Å². The maximum Gasteiger partial charge on any atom is 0.135 e. The fourth-order valence-electron chi connectivity index (χ4n) is 12.8. The van der Waals surface area contributed by atoms with Crippen LogP contribution in [0.15, 0.2) is 322 Å². The Kier molecular flexibility index (Phi) is 17.3. The third-order valence-electron chi connectivity index (χ3n) is 17.7. The van der Waals surface area contributed by atoms with Crippen LogP contribution < -0.4 is 0 Å². The van der Waals surface area contributed by atoms with E-state index in [1.54, 1.807) is 0 Å². The smallest absolute Gasteiger partial charge is 0.0696 e. The predicted octanol–water partition coefficient (Wildman–Crippen LogP) is 20.0. The van der Waals surface area contributed by atoms with Crippen LogP contribution >= 0.6 is 0 Å². The third-order valence-corrected chi connectivity index (χ3v) is 27.4. The van der Waals surface area contributed by atoms with Crippen LogP contribution in [0.3, 0.4) is 0 Å². The van der Waals surface area contributed by atoms with E-state index in [-0.39, 0.29) is 0 Å². The quantitative estimate of drug-likeness (QED) is 0.115. The van der Waals surface area contributed by atoms with Crippen molar-refractivity contribution in [3.05, 3.63) is 389 Å². The van der Waals surface area contributed by atoms with Crippen molar-refractivity contribution in [1.82, 2.24) is 0 Å². The molecule has 438 valence electrons. The highest BCUT2D eigenvalue weighted by atomic mass is 28.3. The van der Waals surface area contributed by atoms with Gasteiger partial charge in [0.2, 0.25) is 0 Å². The molecule has 0 saturated carbocycles. The molecule has 3 heteroatoms. The van der Waals surface area contributed by atoms with Crippen molar-refractivity contribution in [2.75, 3.05) is 0 Å². The Hall–Kier alpha value is -11.3. The standard InChI is InChI=1S/C90H66Si3/c1-91(2)79(61-55-67-31-15-7-16-32-67)85(73-35-19-9-20-36-73)87(75-39-23-11-24-40-75)81(91)63-57-69-47-51-71(52-48-69)59-65-83-89(77-43-27-13-28-44-77)90(78-45-29-14-30-46-78)84(93(83,5)6)66-60-72-53-49-70(50-54-72)58-64-82-88(76-41-25-12-26-42-76)86(74-37-21-10-22-38-74)80(92(82,3)4)62-56-68-33-17-8-18-34-68/h7-54H,1-6H3. The molecule has 0 amide bonds. The molecule has 0 N–H and O–H groups in total. The van der Waals surface area contributed by atoms with Gasteiger partial charge in [-0.3, -0.25) is 0 Å². The fraction of sp³-hybridized carbons (Fsp3) is 0.0667. The first-order valence-corrected chi connectivity index (χ1v) is 40.7. The van der Waals surface area contributed by atoms with Gasteiger partial charge in [-0.15, -0.1) is 0 Å². The number of allylic oxidation sites excluding steroid dienone is 12. The summed E-state index contributed by atoms with van der Waals surface area (Å²) in [5.41, 5.74) is 19.7. The van der Waals surface area contributed by atoms with Gasteiger partial charge in [0.05, 0.1) is 0 Å². The SMILES string of the molecule is C[Si]1(C)C(C#Cc2ccccc2)=C(c2ccccc2)C(c2ccccc2)=C1C#Cc1ccc(C#CC2=C(c3ccccc3)C(c3ccccc3)=C(C#Cc3ccc(C#CC4=C(c5ccccc5)C(c5ccccc5)=C(C#Cc5ccccc5)[Si]4(C)C)cc3)[Si]2(C)C)cc1. The van der Waals surface area contributed by atoms with E-state index in [1.165, 1.54) is 43.1 Å². The number of rotatable bonds is 6. The zero-order valence-electron chi connectivity index (χ0n) is 53.2. The molecule has 3 aliphatic heterocycles. The molecule has 0 aromatic heterocycles. The van der Waals surface area contributed by atoms with Crippen molar-refractivity contribution in [3.8, 4) is 71.0 Å². The maximum absolute atomic E-state index is 3.84. The van der Waals surface area contributed by atoms with Gasteiger partial charge < -0.3 is 0 Å². The second kappa shape index (κ2) is 26.6. The molecule has 93 heavy (non-hydrogen) atoms. The summed E-state index contributed by atoms with van der Waals surface area (Å²) in [6.07, 6.45) is 0. The van der Waals surface area contributed by atoms with Crippen LogP contribution in [-0.4, -0.2) is 24.2 Å². The molecule has 0 atom stereocenters. The average Bonchev–Trinajstić information content (AvgIpc) is 1.64. The van der Waals surface area contributed by atoms with Crippen LogP contribution in [0.2, 0.25) is 39.3 Å². The van der Waals surface area contributed by atoms with Crippen molar-refractivity contribution in [2.45, 2.75) is 39.3 Å². The Balaban J connectivity index is 0.832. The lowest BCUT2D eigenvalue weighted by Crippen LogP contribution is -2.29. The lowest BCUT2D eigenvalue weighted by atomic mass is 9.91. The molecule has 10 aromatic carbocycles. The zero-order chi connectivity index (χ0) is 63.8. The van der Waals surface area contributed by atoms with Crippen LogP contribution in [-0.2, 0) is 0 Å². The van der Waals surface area contributed by atoms with Crippen molar-refractivity contribution in [2.24, 2.45) is 0 Å². The molecule has 0 nitrogen and oxygen atoms in total. The minimum Gasteiger partial charge on any atom is -0.0696 e. The van der Waals surface area contributed by atoms with E-state index < -0.39 is 24.2 Å². The third kappa shape index (κ3) is 12.6. The normalized spacial score (nSPS) is 14.9. The molecule has 0 bridgehead atoms. The van der Waals surface area contributed by atoms with Gasteiger partial charge in [0.15, 0.2) is 0 Å². The van der Waals surface area contributed by atoms with Crippen LogP contribution in [0.4, 0.5) is 0 Å². The van der Waals surface area contributed by atoms with Crippen LogP contribution in [0.1, 0.15) is 66.8 Å². The topological polar surface area (TPSA) is 0 Å². The molecular formula is C90H66Si3. The van der Waals surface area contributed by atoms with E-state index in [1.807, 2.05) is 36.4 Å². The van der Waals surface area contributed by atoms with Gasteiger partial charge in [-0.2, -0.15) is 0 Å². The first-order valence-electron chi connectivity index (χ1n) is 31.7. The maximum atomic E-state index is 3.84. The molecule has 0 aliphatic carbocycles.